The van der Waals surface area contributed by atoms with Crippen LogP contribution in [0.2, 0.25) is 0 Å². The Bertz CT molecular complexity index is 399. The van der Waals surface area contributed by atoms with Gasteiger partial charge in [0.25, 0.3) is 0 Å². The summed E-state index contributed by atoms with van der Waals surface area (Å²) in [5.74, 6) is -0.447. The highest BCUT2D eigenvalue weighted by atomic mass is 19.1. The molecular weight excluding hydrogens is 185 g/mol. The van der Waals surface area contributed by atoms with Crippen LogP contribution in [0.15, 0.2) is 23.9 Å². The van der Waals surface area contributed by atoms with Crippen LogP contribution in [-0.4, -0.2) is 4.92 Å². The molecule has 0 saturated heterocycles. The van der Waals surface area contributed by atoms with Crippen molar-refractivity contribution in [2.45, 2.75) is 13.8 Å². The van der Waals surface area contributed by atoms with Crippen molar-refractivity contribution in [2.24, 2.45) is 0 Å². The van der Waals surface area contributed by atoms with E-state index in [0.717, 1.165) is 5.56 Å². The third-order valence-corrected chi connectivity index (χ3v) is 1.80. The average molecular weight is 195 g/mol. The smallest absolute Gasteiger partial charge is 0.243 e. The van der Waals surface area contributed by atoms with Gasteiger partial charge in [0.2, 0.25) is 5.70 Å². The van der Waals surface area contributed by atoms with Gasteiger partial charge in [-0.05, 0) is 19.1 Å². The molecule has 0 saturated carbocycles. The van der Waals surface area contributed by atoms with Crippen molar-refractivity contribution >= 4 is 6.08 Å². The van der Waals surface area contributed by atoms with Gasteiger partial charge >= 0.3 is 0 Å². The molecule has 0 atom stereocenters. The van der Waals surface area contributed by atoms with Gasteiger partial charge < -0.3 is 0 Å². The lowest BCUT2D eigenvalue weighted by Gasteiger charge is -1.98. The fourth-order valence-corrected chi connectivity index (χ4v) is 1.05. The quantitative estimate of drug-likeness (QED) is 0.538. The van der Waals surface area contributed by atoms with Gasteiger partial charge in [-0.25, -0.2) is 4.39 Å². The van der Waals surface area contributed by atoms with E-state index in [4.69, 9.17) is 0 Å². The first-order valence-corrected chi connectivity index (χ1v) is 4.09. The third kappa shape index (κ3) is 2.39. The lowest BCUT2D eigenvalue weighted by Crippen LogP contribution is -1.94. The van der Waals surface area contributed by atoms with Crippen LogP contribution in [0.25, 0.3) is 6.08 Å². The molecule has 0 aliphatic heterocycles. The summed E-state index contributed by atoms with van der Waals surface area (Å²) in [7, 11) is 0. The average Bonchev–Trinajstić information content (AvgIpc) is 2.11. The zero-order chi connectivity index (χ0) is 10.7. The number of hydrogen-bond donors (Lipinski definition) is 0. The van der Waals surface area contributed by atoms with Gasteiger partial charge in [-0.1, -0.05) is 11.6 Å². The van der Waals surface area contributed by atoms with Gasteiger partial charge in [-0.3, -0.25) is 10.1 Å². The van der Waals surface area contributed by atoms with E-state index in [1.165, 1.54) is 19.1 Å². The number of nitrogens with zero attached hydrogens (tertiary/aromatic N) is 1. The Balaban J connectivity index is 3.13. The molecule has 3 nitrogen and oxygen atoms in total. The minimum Gasteiger partial charge on any atom is -0.259 e. The molecule has 0 heterocycles. The van der Waals surface area contributed by atoms with Crippen LogP contribution in [-0.2, 0) is 0 Å². The summed E-state index contributed by atoms with van der Waals surface area (Å²) in [6, 6.07) is 4.49. The maximum Gasteiger partial charge on any atom is 0.243 e. The molecule has 0 spiro atoms. The highest BCUT2D eigenvalue weighted by Crippen LogP contribution is 2.13. The zero-order valence-electron chi connectivity index (χ0n) is 7.95. The van der Waals surface area contributed by atoms with E-state index in [0.29, 0.717) is 0 Å². The van der Waals surface area contributed by atoms with Crippen LogP contribution in [0.1, 0.15) is 18.1 Å². The number of benzene rings is 1. The molecule has 0 aromatic heterocycles. The predicted octanol–water partition coefficient (Wildman–Crippen LogP) is 2.77. The minimum atomic E-state index is -0.540. The Kier molecular flexibility index (Phi) is 2.96. The molecule has 0 amide bonds. The molecular formula is C10H10FNO2. The third-order valence-electron chi connectivity index (χ3n) is 1.80. The second kappa shape index (κ2) is 4.00. The van der Waals surface area contributed by atoms with E-state index in [2.05, 4.69) is 0 Å². The van der Waals surface area contributed by atoms with Crippen LogP contribution in [0.3, 0.4) is 0 Å². The van der Waals surface area contributed by atoms with Crippen molar-refractivity contribution in [2.75, 3.05) is 0 Å². The molecule has 0 unspecified atom stereocenters. The Morgan fingerprint density at radius 1 is 1.57 bits per heavy atom. The molecule has 0 fully saturated rings. The van der Waals surface area contributed by atoms with Gasteiger partial charge in [-0.15, -0.1) is 0 Å². The molecule has 0 N–H and O–H groups in total. The first-order chi connectivity index (χ1) is 6.50. The normalized spacial score (nSPS) is 11.5. The summed E-state index contributed by atoms with van der Waals surface area (Å²) in [5, 5.41) is 10.3. The molecule has 0 aliphatic carbocycles. The highest BCUT2D eigenvalue weighted by molar-refractivity contribution is 5.52. The molecule has 0 aliphatic rings. The van der Waals surface area contributed by atoms with Crippen molar-refractivity contribution in [3.8, 4) is 0 Å². The summed E-state index contributed by atoms with van der Waals surface area (Å²) in [5.41, 5.74) is 1.04. The van der Waals surface area contributed by atoms with Crippen molar-refractivity contribution in [3.63, 3.8) is 0 Å². The molecule has 0 radical (unpaired) electrons. The SMILES string of the molecule is C/C(=C/c1cc(C)ccc1F)[N+](=O)[O-]. The minimum absolute atomic E-state index is 0.0745. The summed E-state index contributed by atoms with van der Waals surface area (Å²) < 4.78 is 13.1. The number of allylic oxidation sites excluding steroid dienone is 1. The van der Waals surface area contributed by atoms with Gasteiger partial charge in [0.1, 0.15) is 5.82 Å². The molecule has 1 aromatic rings. The van der Waals surface area contributed by atoms with E-state index in [1.807, 2.05) is 0 Å². The number of halogens is 1. The summed E-state index contributed by atoms with van der Waals surface area (Å²) in [4.78, 5) is 9.77. The second-order valence-corrected chi connectivity index (χ2v) is 3.07. The van der Waals surface area contributed by atoms with E-state index < -0.39 is 10.7 Å². The fourth-order valence-electron chi connectivity index (χ4n) is 1.05. The number of nitro groups is 1. The highest BCUT2D eigenvalue weighted by Gasteiger charge is 2.05. The standard InChI is InChI=1S/C10H10FNO2/c1-7-3-4-10(11)9(5-7)6-8(2)12(13)14/h3-6H,1-2H3/b8-6-. The van der Waals surface area contributed by atoms with Crippen molar-refractivity contribution in [1.29, 1.82) is 0 Å². The van der Waals surface area contributed by atoms with Gasteiger partial charge in [0.15, 0.2) is 0 Å². The van der Waals surface area contributed by atoms with Crippen molar-refractivity contribution < 1.29 is 9.31 Å². The molecule has 0 bridgehead atoms. The Morgan fingerprint density at radius 3 is 2.79 bits per heavy atom. The van der Waals surface area contributed by atoms with E-state index in [1.54, 1.807) is 19.1 Å². The number of rotatable bonds is 2. The zero-order valence-corrected chi connectivity index (χ0v) is 7.95. The monoisotopic (exact) mass is 195 g/mol. The lowest BCUT2D eigenvalue weighted by molar-refractivity contribution is -0.422. The van der Waals surface area contributed by atoms with Gasteiger partial charge in [-0.2, -0.15) is 0 Å². The van der Waals surface area contributed by atoms with E-state index >= 15 is 0 Å². The van der Waals surface area contributed by atoms with Crippen molar-refractivity contribution in [3.05, 3.63) is 51.0 Å². The second-order valence-electron chi connectivity index (χ2n) is 3.07. The van der Waals surface area contributed by atoms with Gasteiger partial charge in [0.05, 0.1) is 4.92 Å². The topological polar surface area (TPSA) is 43.1 Å². The Hall–Kier alpha value is -1.71. The first kappa shape index (κ1) is 10.4. The van der Waals surface area contributed by atoms with Crippen LogP contribution >= 0.6 is 0 Å². The molecule has 1 aromatic carbocycles. The summed E-state index contributed by atoms with van der Waals surface area (Å²) in [6.07, 6.45) is 1.22. The Labute approximate surface area is 81.0 Å². The lowest BCUT2D eigenvalue weighted by atomic mass is 10.1. The van der Waals surface area contributed by atoms with Crippen LogP contribution in [0, 0.1) is 22.9 Å². The molecule has 1 rings (SSSR count). The number of hydrogen-bond acceptors (Lipinski definition) is 2. The largest absolute Gasteiger partial charge is 0.259 e. The van der Waals surface area contributed by atoms with Gasteiger partial charge in [0, 0.05) is 18.6 Å². The molecule has 4 heteroatoms. The first-order valence-electron chi connectivity index (χ1n) is 4.09. The van der Waals surface area contributed by atoms with E-state index in [9.17, 15) is 14.5 Å². The summed E-state index contributed by atoms with van der Waals surface area (Å²) in [6.45, 7) is 3.14. The van der Waals surface area contributed by atoms with Crippen LogP contribution in [0.4, 0.5) is 4.39 Å². The summed E-state index contributed by atoms with van der Waals surface area (Å²) >= 11 is 0. The maximum absolute atomic E-state index is 13.1. The Morgan fingerprint density at radius 2 is 2.21 bits per heavy atom. The van der Waals surface area contributed by atoms with Crippen LogP contribution < -0.4 is 0 Å². The predicted molar refractivity (Wildman–Crippen MR) is 51.8 cm³/mol. The fraction of sp³-hybridized carbons (Fsp3) is 0.200. The van der Waals surface area contributed by atoms with Crippen molar-refractivity contribution in [1.82, 2.24) is 0 Å². The molecule has 14 heavy (non-hydrogen) atoms. The maximum atomic E-state index is 13.1. The van der Waals surface area contributed by atoms with Crippen LogP contribution in [0.5, 0.6) is 0 Å². The van der Waals surface area contributed by atoms with E-state index in [-0.39, 0.29) is 11.3 Å². The number of aryl methyl sites for hydroxylation is 1. The molecule has 74 valence electrons.